The predicted octanol–water partition coefficient (Wildman–Crippen LogP) is 2.96. The lowest BCUT2D eigenvalue weighted by Crippen LogP contribution is -2.22. The second-order valence-corrected chi connectivity index (χ2v) is 5.66. The number of Topliss-reactive ketones (excluding diaryl/α,β-unsaturated/α-hetero) is 1. The van der Waals surface area contributed by atoms with Gasteiger partial charge in [0.2, 0.25) is 5.91 Å². The molecule has 0 fully saturated rings. The summed E-state index contributed by atoms with van der Waals surface area (Å²) >= 11 is 0. The fraction of sp³-hybridized carbons (Fsp3) is 0.105. The normalized spacial score (nSPS) is 10.4. The molecule has 2 aromatic carbocycles. The number of anilines is 2. The Labute approximate surface area is 149 Å². The van der Waals surface area contributed by atoms with Crippen molar-refractivity contribution >= 4 is 39.9 Å². The molecule has 0 aliphatic rings. The van der Waals surface area contributed by atoms with Gasteiger partial charge in [0.05, 0.1) is 12.7 Å². The highest BCUT2D eigenvalue weighted by molar-refractivity contribution is 6.48. The van der Waals surface area contributed by atoms with E-state index in [1.165, 1.54) is 20.2 Å². The Bertz CT molecular complexity index is 990. The van der Waals surface area contributed by atoms with Crippen LogP contribution in [0.2, 0.25) is 0 Å². The molecule has 7 heteroatoms. The highest BCUT2D eigenvalue weighted by Gasteiger charge is 2.20. The average Bonchev–Trinajstić information content (AvgIpc) is 3.05. The van der Waals surface area contributed by atoms with Gasteiger partial charge >= 0.3 is 0 Å². The maximum Gasteiger partial charge on any atom is 0.296 e. The van der Waals surface area contributed by atoms with E-state index in [2.05, 4.69) is 15.6 Å². The van der Waals surface area contributed by atoms with Crippen LogP contribution in [0.5, 0.6) is 5.75 Å². The molecule has 1 aromatic heterocycles. The SMILES string of the molecule is COc1ccc2[nH]cc(C(=O)C(=O)Nc3ccc(NC(C)=O)cc3)c2c1. The Kier molecular flexibility index (Phi) is 4.70. The summed E-state index contributed by atoms with van der Waals surface area (Å²) in [6.07, 6.45) is 1.51. The number of benzene rings is 2. The van der Waals surface area contributed by atoms with Gasteiger partial charge in [-0.05, 0) is 42.5 Å². The van der Waals surface area contributed by atoms with Crippen LogP contribution < -0.4 is 15.4 Å². The van der Waals surface area contributed by atoms with Crippen LogP contribution in [0.15, 0.2) is 48.7 Å². The number of ketones is 1. The van der Waals surface area contributed by atoms with Crippen LogP contribution in [0.25, 0.3) is 10.9 Å². The third-order valence-electron chi connectivity index (χ3n) is 3.80. The molecular formula is C19H17N3O4. The molecule has 0 radical (unpaired) electrons. The minimum atomic E-state index is -0.749. The van der Waals surface area contributed by atoms with Gasteiger partial charge in [0, 0.05) is 35.4 Å². The summed E-state index contributed by atoms with van der Waals surface area (Å²) in [6.45, 7) is 1.41. The van der Waals surface area contributed by atoms with Gasteiger partial charge in [-0.1, -0.05) is 0 Å². The average molecular weight is 351 g/mol. The Hall–Kier alpha value is -3.61. The zero-order chi connectivity index (χ0) is 18.7. The molecule has 0 unspecified atom stereocenters. The molecular weight excluding hydrogens is 334 g/mol. The summed E-state index contributed by atoms with van der Waals surface area (Å²) < 4.78 is 5.17. The van der Waals surface area contributed by atoms with Crippen molar-refractivity contribution in [2.24, 2.45) is 0 Å². The number of hydrogen-bond acceptors (Lipinski definition) is 4. The topological polar surface area (TPSA) is 100 Å². The maximum atomic E-state index is 12.5. The molecule has 0 saturated heterocycles. The Balaban J connectivity index is 1.77. The fourth-order valence-electron chi connectivity index (χ4n) is 2.56. The Morgan fingerprint density at radius 1 is 0.962 bits per heavy atom. The van der Waals surface area contributed by atoms with Crippen LogP contribution in [0.4, 0.5) is 11.4 Å². The Morgan fingerprint density at radius 2 is 1.62 bits per heavy atom. The first kappa shape index (κ1) is 17.2. The van der Waals surface area contributed by atoms with E-state index in [0.29, 0.717) is 22.5 Å². The standard InChI is InChI=1S/C19H17N3O4/c1-11(23)21-12-3-5-13(6-4-12)22-19(25)18(24)16-10-20-17-8-7-14(26-2)9-15(16)17/h3-10,20H,1-2H3,(H,21,23)(H,22,25). The molecule has 3 rings (SSSR count). The molecule has 0 atom stereocenters. The number of amides is 2. The lowest BCUT2D eigenvalue weighted by atomic mass is 10.1. The van der Waals surface area contributed by atoms with Gasteiger partial charge in [-0.15, -0.1) is 0 Å². The van der Waals surface area contributed by atoms with Crippen LogP contribution in [0.3, 0.4) is 0 Å². The van der Waals surface area contributed by atoms with E-state index in [0.717, 1.165) is 5.52 Å². The molecule has 0 saturated carbocycles. The van der Waals surface area contributed by atoms with Gasteiger partial charge in [-0.2, -0.15) is 0 Å². The number of carbonyl (C=O) groups excluding carboxylic acids is 3. The summed E-state index contributed by atoms with van der Waals surface area (Å²) in [7, 11) is 1.53. The smallest absolute Gasteiger partial charge is 0.296 e. The van der Waals surface area contributed by atoms with Crippen molar-refractivity contribution in [3.63, 3.8) is 0 Å². The number of hydrogen-bond donors (Lipinski definition) is 3. The van der Waals surface area contributed by atoms with E-state index in [4.69, 9.17) is 4.74 Å². The zero-order valence-electron chi connectivity index (χ0n) is 14.3. The second-order valence-electron chi connectivity index (χ2n) is 5.66. The number of carbonyl (C=O) groups is 3. The molecule has 0 aliphatic carbocycles. The molecule has 3 N–H and O–H groups in total. The highest BCUT2D eigenvalue weighted by atomic mass is 16.5. The number of aromatic amines is 1. The number of methoxy groups -OCH3 is 1. The molecule has 2 amide bonds. The van der Waals surface area contributed by atoms with Gasteiger partial charge in [-0.25, -0.2) is 0 Å². The maximum absolute atomic E-state index is 12.5. The summed E-state index contributed by atoms with van der Waals surface area (Å²) in [5.74, 6) is -0.997. The number of aromatic nitrogens is 1. The molecule has 7 nitrogen and oxygen atoms in total. The largest absolute Gasteiger partial charge is 0.497 e. The number of H-pyrrole nitrogens is 1. The van der Waals surface area contributed by atoms with Gasteiger partial charge < -0.3 is 20.4 Å². The van der Waals surface area contributed by atoms with Crippen LogP contribution in [-0.4, -0.2) is 29.7 Å². The van der Waals surface area contributed by atoms with Gasteiger partial charge in [0.25, 0.3) is 11.7 Å². The minimum Gasteiger partial charge on any atom is -0.497 e. The van der Waals surface area contributed by atoms with Crippen molar-refractivity contribution in [2.45, 2.75) is 6.92 Å². The first-order valence-electron chi connectivity index (χ1n) is 7.86. The van der Waals surface area contributed by atoms with E-state index < -0.39 is 11.7 Å². The third kappa shape index (κ3) is 3.56. The van der Waals surface area contributed by atoms with Crippen molar-refractivity contribution in [2.75, 3.05) is 17.7 Å². The zero-order valence-corrected chi connectivity index (χ0v) is 14.3. The van der Waals surface area contributed by atoms with Gasteiger partial charge in [0.15, 0.2) is 0 Å². The molecule has 3 aromatic rings. The number of nitrogens with one attached hydrogen (secondary N) is 3. The van der Waals surface area contributed by atoms with Crippen molar-refractivity contribution in [1.82, 2.24) is 4.98 Å². The first-order valence-corrected chi connectivity index (χ1v) is 7.86. The molecule has 0 bridgehead atoms. The van der Waals surface area contributed by atoms with E-state index in [1.807, 2.05) is 0 Å². The first-order chi connectivity index (χ1) is 12.5. The Morgan fingerprint density at radius 3 is 2.23 bits per heavy atom. The number of rotatable bonds is 5. The van der Waals surface area contributed by atoms with Crippen LogP contribution in [0.1, 0.15) is 17.3 Å². The number of fused-ring (bicyclic) bond motifs is 1. The summed E-state index contributed by atoms with van der Waals surface area (Å²) in [5, 5.41) is 5.80. The van der Waals surface area contributed by atoms with Crippen molar-refractivity contribution in [3.8, 4) is 5.75 Å². The monoisotopic (exact) mass is 351 g/mol. The van der Waals surface area contributed by atoms with Crippen molar-refractivity contribution in [3.05, 3.63) is 54.2 Å². The van der Waals surface area contributed by atoms with E-state index >= 15 is 0 Å². The van der Waals surface area contributed by atoms with E-state index in [1.54, 1.807) is 42.5 Å². The summed E-state index contributed by atoms with van der Waals surface area (Å²) in [6, 6.07) is 11.7. The van der Waals surface area contributed by atoms with Crippen LogP contribution in [-0.2, 0) is 9.59 Å². The van der Waals surface area contributed by atoms with E-state index in [-0.39, 0.29) is 11.5 Å². The lowest BCUT2D eigenvalue weighted by molar-refractivity contribution is -0.114. The third-order valence-corrected chi connectivity index (χ3v) is 3.80. The quantitative estimate of drug-likeness (QED) is 0.486. The lowest BCUT2D eigenvalue weighted by Gasteiger charge is -2.06. The van der Waals surface area contributed by atoms with Crippen LogP contribution >= 0.6 is 0 Å². The predicted molar refractivity (Wildman–Crippen MR) is 98.6 cm³/mol. The highest BCUT2D eigenvalue weighted by Crippen LogP contribution is 2.24. The van der Waals surface area contributed by atoms with Crippen LogP contribution in [0, 0.1) is 0 Å². The number of ether oxygens (including phenoxy) is 1. The molecule has 132 valence electrons. The molecule has 1 heterocycles. The van der Waals surface area contributed by atoms with Gasteiger partial charge in [0.1, 0.15) is 5.75 Å². The van der Waals surface area contributed by atoms with E-state index in [9.17, 15) is 14.4 Å². The summed E-state index contributed by atoms with van der Waals surface area (Å²) in [5.41, 5.74) is 2.06. The molecule has 0 aliphatic heterocycles. The van der Waals surface area contributed by atoms with Gasteiger partial charge in [-0.3, -0.25) is 14.4 Å². The molecule has 26 heavy (non-hydrogen) atoms. The minimum absolute atomic E-state index is 0.188. The fourth-order valence-corrected chi connectivity index (χ4v) is 2.56. The van der Waals surface area contributed by atoms with Crippen molar-refractivity contribution in [1.29, 1.82) is 0 Å². The summed E-state index contributed by atoms with van der Waals surface area (Å²) in [4.78, 5) is 38.8. The molecule has 0 spiro atoms. The second kappa shape index (κ2) is 7.10. The van der Waals surface area contributed by atoms with Crippen molar-refractivity contribution < 1.29 is 19.1 Å².